The van der Waals surface area contributed by atoms with Crippen molar-refractivity contribution < 1.29 is 0 Å². The van der Waals surface area contributed by atoms with Crippen LogP contribution in [0, 0.1) is 0 Å². The zero-order valence-electron chi connectivity index (χ0n) is 40.6. The Morgan fingerprint density at radius 2 is 0.600 bits per heavy atom. The largest absolute Gasteiger partial charge is 0.309 e. The van der Waals surface area contributed by atoms with Crippen molar-refractivity contribution in [3.63, 3.8) is 0 Å². The molecule has 0 saturated heterocycles. The lowest BCUT2D eigenvalue weighted by Gasteiger charge is -2.42. The number of rotatable bonds is 8. The Morgan fingerprint density at radius 3 is 1.12 bits per heavy atom. The van der Waals surface area contributed by atoms with Crippen molar-refractivity contribution >= 4 is 21.8 Å². The third kappa shape index (κ3) is 7.21. The van der Waals surface area contributed by atoms with Gasteiger partial charge in [0.15, 0.2) is 23.3 Å². The average molecular weight is 957 g/mol. The predicted molar refractivity (Wildman–Crippen MR) is 303 cm³/mol. The van der Waals surface area contributed by atoms with Crippen LogP contribution in [0.2, 0.25) is 0 Å². The van der Waals surface area contributed by atoms with E-state index in [9.17, 15) is 0 Å². The van der Waals surface area contributed by atoms with Gasteiger partial charge in [-0.15, -0.1) is 0 Å². The van der Waals surface area contributed by atoms with Crippen LogP contribution in [-0.2, 0) is 0 Å². The maximum absolute atomic E-state index is 5.30. The Hall–Kier alpha value is -9.91. The minimum Gasteiger partial charge on any atom is -0.309 e. The first kappa shape index (κ1) is 42.7. The topological polar surface area (TPSA) is 69.4 Å². The molecule has 3 aliphatic rings. The number of aromatic nitrogens is 6. The molecule has 0 aliphatic heterocycles. The molecule has 2 atom stereocenters. The average Bonchev–Trinajstić information content (AvgIpc) is 3.89. The van der Waals surface area contributed by atoms with Gasteiger partial charge in [0.05, 0.1) is 22.4 Å². The first-order valence-electron chi connectivity index (χ1n) is 25.5. The zero-order valence-corrected chi connectivity index (χ0v) is 40.6. The van der Waals surface area contributed by atoms with Crippen LogP contribution in [0.5, 0.6) is 0 Å². The number of para-hydroxylation sites is 2. The van der Waals surface area contributed by atoms with E-state index in [0.717, 1.165) is 61.6 Å². The maximum atomic E-state index is 5.30. The summed E-state index contributed by atoms with van der Waals surface area (Å²) in [5, 5.41) is 2.52. The second-order valence-corrected chi connectivity index (χ2v) is 19.5. The summed E-state index contributed by atoms with van der Waals surface area (Å²) >= 11 is 0. The van der Waals surface area contributed by atoms with Gasteiger partial charge in [-0.3, -0.25) is 0 Å². The highest BCUT2D eigenvalue weighted by Crippen LogP contribution is 2.56. The molecular weight excluding hydrogens is 913 g/mol. The van der Waals surface area contributed by atoms with Gasteiger partial charge in [0.25, 0.3) is 0 Å². The van der Waals surface area contributed by atoms with Crippen molar-refractivity contribution in [3.8, 4) is 84.9 Å². The molecule has 350 valence electrons. The van der Waals surface area contributed by atoms with Gasteiger partial charge in [-0.2, -0.15) is 0 Å². The van der Waals surface area contributed by atoms with Gasteiger partial charge in [-0.25, -0.2) is 24.9 Å². The highest BCUT2D eigenvalue weighted by atomic mass is 15.0. The van der Waals surface area contributed by atoms with Gasteiger partial charge in [0, 0.05) is 61.7 Å². The molecule has 0 spiro atoms. The number of nitrogens with zero attached hydrogens (tertiary/aromatic N) is 6. The molecule has 16 rings (SSSR count). The summed E-state index contributed by atoms with van der Waals surface area (Å²) in [5.74, 6) is 2.74. The Kier molecular flexibility index (Phi) is 9.91. The van der Waals surface area contributed by atoms with Crippen molar-refractivity contribution in [1.29, 1.82) is 0 Å². The van der Waals surface area contributed by atoms with Gasteiger partial charge in [0.1, 0.15) is 0 Å². The molecular formula is C69H44N6. The fourth-order valence-electron chi connectivity index (χ4n) is 11.7. The highest BCUT2D eigenvalue weighted by molar-refractivity contribution is 6.09. The number of hydrogen-bond acceptors (Lipinski definition) is 5. The number of fused-ring (bicyclic) bond motifs is 3. The standard InChI is InChI=1S/C69H44N6/c1-4-16-46(17-5-1)66-70-60(45-30-28-43(29-31-45)44-32-36-51(37-33-44)75-62-26-14-12-22-52(62)53-23-13-15-27-63(53)75)42-61(71-66)49-34-38-56-58(40-49)64-54-24-10-11-25-55(54)65(56)59-41-50(35-39-57(59)64)69-73-67(47-18-6-2-7-19-47)72-68(74-69)48-20-8-3-9-21-48/h1-42,64-65H. The molecule has 0 amide bonds. The molecule has 3 heterocycles. The molecule has 0 saturated carbocycles. The van der Waals surface area contributed by atoms with Crippen molar-refractivity contribution in [2.75, 3.05) is 0 Å². The number of hydrogen-bond donors (Lipinski definition) is 0. The van der Waals surface area contributed by atoms with Gasteiger partial charge in [0.2, 0.25) is 0 Å². The van der Waals surface area contributed by atoms with E-state index in [1.807, 2.05) is 54.6 Å². The highest BCUT2D eigenvalue weighted by Gasteiger charge is 2.41. The minimum absolute atomic E-state index is 0.0402. The summed E-state index contributed by atoms with van der Waals surface area (Å²) < 4.78 is 2.36. The second kappa shape index (κ2) is 17.4. The van der Waals surface area contributed by atoms with E-state index in [1.54, 1.807) is 0 Å². The van der Waals surface area contributed by atoms with Crippen LogP contribution in [0.3, 0.4) is 0 Å². The van der Waals surface area contributed by atoms with E-state index in [2.05, 4.69) is 205 Å². The zero-order chi connectivity index (χ0) is 49.4. The quantitative estimate of drug-likeness (QED) is 0.152. The molecule has 13 aromatic rings. The monoisotopic (exact) mass is 956 g/mol. The fourth-order valence-corrected chi connectivity index (χ4v) is 11.7. The molecule has 0 radical (unpaired) electrons. The van der Waals surface area contributed by atoms with E-state index in [1.165, 1.54) is 55.2 Å². The first-order valence-corrected chi connectivity index (χ1v) is 25.5. The third-order valence-corrected chi connectivity index (χ3v) is 15.3. The molecule has 3 aliphatic carbocycles. The number of benzene rings is 10. The SMILES string of the molecule is c1ccc(-c2nc(-c3ccc(-c4ccc(-n5c6ccccc6c6ccccc65)cc4)cc3)cc(-c3ccc4c(c3)C3c5ccccc5C4c4cc(-c5nc(-c6ccccc6)nc(-c6ccccc6)n5)ccc43)n2)cc1. The molecule has 3 aromatic heterocycles. The van der Waals surface area contributed by atoms with Crippen LogP contribution in [0.4, 0.5) is 0 Å². The summed E-state index contributed by atoms with van der Waals surface area (Å²) in [6.07, 6.45) is 0. The van der Waals surface area contributed by atoms with Crippen LogP contribution in [-0.4, -0.2) is 29.5 Å². The lowest BCUT2D eigenvalue weighted by molar-refractivity contribution is 0.754. The Bertz CT molecular complexity index is 4230. The van der Waals surface area contributed by atoms with Crippen molar-refractivity contribution in [2.45, 2.75) is 11.8 Å². The third-order valence-electron chi connectivity index (χ3n) is 15.3. The molecule has 75 heavy (non-hydrogen) atoms. The van der Waals surface area contributed by atoms with Gasteiger partial charge in [-0.05, 0) is 87.0 Å². The van der Waals surface area contributed by atoms with Gasteiger partial charge < -0.3 is 4.57 Å². The summed E-state index contributed by atoms with van der Waals surface area (Å²) in [6.45, 7) is 0. The molecule has 2 unspecified atom stereocenters. The normalized spacial score (nSPS) is 14.1. The van der Waals surface area contributed by atoms with Gasteiger partial charge >= 0.3 is 0 Å². The van der Waals surface area contributed by atoms with Crippen LogP contribution < -0.4 is 0 Å². The van der Waals surface area contributed by atoms with E-state index in [4.69, 9.17) is 24.9 Å². The van der Waals surface area contributed by atoms with E-state index >= 15 is 0 Å². The Morgan fingerprint density at radius 1 is 0.240 bits per heavy atom. The molecule has 0 fully saturated rings. The smallest absolute Gasteiger partial charge is 0.164 e. The van der Waals surface area contributed by atoms with E-state index in [0.29, 0.717) is 23.3 Å². The molecule has 6 nitrogen and oxygen atoms in total. The summed E-state index contributed by atoms with van der Waals surface area (Å²) in [7, 11) is 0. The Balaban J connectivity index is 0.788. The minimum atomic E-state index is 0.0402. The Labute approximate surface area is 434 Å². The van der Waals surface area contributed by atoms with E-state index in [-0.39, 0.29) is 11.8 Å². The van der Waals surface area contributed by atoms with Crippen LogP contribution >= 0.6 is 0 Å². The molecule has 6 heteroatoms. The summed E-state index contributed by atoms with van der Waals surface area (Å²) in [4.78, 5) is 25.7. The summed E-state index contributed by atoms with van der Waals surface area (Å²) in [6, 6.07) is 90.5. The molecule has 10 aromatic carbocycles. The molecule has 0 N–H and O–H groups in total. The lowest BCUT2D eigenvalue weighted by Crippen LogP contribution is -2.27. The second-order valence-electron chi connectivity index (χ2n) is 19.5. The lowest BCUT2D eigenvalue weighted by atomic mass is 9.60. The predicted octanol–water partition coefficient (Wildman–Crippen LogP) is 16.4. The van der Waals surface area contributed by atoms with Crippen molar-refractivity contribution in [3.05, 3.63) is 288 Å². The van der Waals surface area contributed by atoms with Crippen LogP contribution in [0.15, 0.2) is 255 Å². The fraction of sp³-hybridized carbons (Fsp3) is 0.0290. The van der Waals surface area contributed by atoms with E-state index < -0.39 is 0 Å². The summed E-state index contributed by atoms with van der Waals surface area (Å²) in [5.41, 5.74) is 21.5. The van der Waals surface area contributed by atoms with Crippen molar-refractivity contribution in [1.82, 2.24) is 29.5 Å². The first-order chi connectivity index (χ1) is 37.2. The maximum Gasteiger partial charge on any atom is 0.164 e. The molecule has 2 bridgehead atoms. The van der Waals surface area contributed by atoms with Gasteiger partial charge in [-0.1, -0.05) is 212 Å². The van der Waals surface area contributed by atoms with Crippen LogP contribution in [0.1, 0.15) is 45.2 Å². The van der Waals surface area contributed by atoms with Crippen molar-refractivity contribution in [2.24, 2.45) is 0 Å². The van der Waals surface area contributed by atoms with Crippen LogP contribution in [0.25, 0.3) is 107 Å².